The first-order chi connectivity index (χ1) is 11.3. The van der Waals surface area contributed by atoms with Crippen molar-refractivity contribution in [1.82, 2.24) is 10.6 Å². The highest BCUT2D eigenvalue weighted by Gasteiger charge is 1.98. The lowest BCUT2D eigenvalue weighted by Crippen LogP contribution is -2.38. The Kier molecular flexibility index (Phi) is 14.8. The highest BCUT2D eigenvalue weighted by molar-refractivity contribution is 14.0. The molecule has 1 aromatic carbocycles. The second-order valence-corrected chi connectivity index (χ2v) is 5.08. The molecule has 0 atom stereocenters. The number of methoxy groups -OCH3 is 2. The summed E-state index contributed by atoms with van der Waals surface area (Å²) in [5, 5.41) is 9.85. The first-order valence-electron chi connectivity index (χ1n) is 8.13. The van der Waals surface area contributed by atoms with Crippen LogP contribution < -0.4 is 16.0 Å². The largest absolute Gasteiger partial charge is 0.385 e. The van der Waals surface area contributed by atoms with E-state index in [4.69, 9.17) is 9.47 Å². The van der Waals surface area contributed by atoms with Gasteiger partial charge < -0.3 is 25.4 Å². The molecule has 0 radical (unpaired) electrons. The monoisotopic (exact) mass is 450 g/mol. The number of rotatable bonds is 11. The topological polar surface area (TPSA) is 66.9 Å². The van der Waals surface area contributed by atoms with Gasteiger partial charge in [0, 0.05) is 46.1 Å². The highest BCUT2D eigenvalue weighted by Crippen LogP contribution is 2.10. The Morgan fingerprint density at radius 1 is 1.00 bits per heavy atom. The number of nitrogens with zero attached hydrogens (tertiary/aromatic N) is 1. The van der Waals surface area contributed by atoms with Gasteiger partial charge in [0.05, 0.1) is 13.2 Å². The van der Waals surface area contributed by atoms with Gasteiger partial charge in [-0.2, -0.15) is 0 Å². The normalized spacial score (nSPS) is 10.9. The summed E-state index contributed by atoms with van der Waals surface area (Å²) in [6, 6.07) is 8.32. The van der Waals surface area contributed by atoms with E-state index in [9.17, 15) is 0 Å². The van der Waals surface area contributed by atoms with Crippen LogP contribution in [0.3, 0.4) is 0 Å². The zero-order valence-corrected chi connectivity index (χ0v) is 17.3. The Morgan fingerprint density at radius 2 is 1.71 bits per heavy atom. The number of hydrogen-bond acceptors (Lipinski definition) is 4. The molecule has 0 heterocycles. The maximum absolute atomic E-state index is 5.05. The van der Waals surface area contributed by atoms with Gasteiger partial charge >= 0.3 is 0 Å². The van der Waals surface area contributed by atoms with E-state index in [1.807, 2.05) is 0 Å². The van der Waals surface area contributed by atoms with Gasteiger partial charge in [-0.1, -0.05) is 12.1 Å². The van der Waals surface area contributed by atoms with Crippen LogP contribution >= 0.6 is 24.0 Å². The Hall–Kier alpha value is -1.06. The van der Waals surface area contributed by atoms with E-state index in [0.29, 0.717) is 13.2 Å². The smallest absolute Gasteiger partial charge is 0.191 e. The fourth-order valence-electron chi connectivity index (χ4n) is 1.96. The predicted molar refractivity (Wildman–Crippen MR) is 112 cm³/mol. The summed E-state index contributed by atoms with van der Waals surface area (Å²) in [6.45, 7) is 6.67. The summed E-state index contributed by atoms with van der Waals surface area (Å²) in [7, 11) is 3.42. The van der Waals surface area contributed by atoms with Gasteiger partial charge in [0.25, 0.3) is 0 Å². The molecule has 0 aliphatic rings. The molecule has 0 bridgehead atoms. The Balaban J connectivity index is 0.00000529. The lowest BCUT2D eigenvalue weighted by molar-refractivity contribution is 0.195. The summed E-state index contributed by atoms with van der Waals surface area (Å²) in [4.78, 5) is 4.60. The summed E-state index contributed by atoms with van der Waals surface area (Å²) in [5.74, 6) is 0.839. The zero-order chi connectivity index (χ0) is 16.8. The van der Waals surface area contributed by atoms with E-state index in [1.165, 1.54) is 5.56 Å². The van der Waals surface area contributed by atoms with Crippen molar-refractivity contribution < 1.29 is 9.47 Å². The van der Waals surface area contributed by atoms with Crippen LogP contribution in [0.5, 0.6) is 0 Å². The number of halogens is 1. The van der Waals surface area contributed by atoms with Gasteiger partial charge in [-0.05, 0) is 31.0 Å². The maximum atomic E-state index is 5.05. The molecular weight excluding hydrogens is 419 g/mol. The molecule has 0 aliphatic heterocycles. The fraction of sp³-hybridized carbons (Fsp3) is 0.588. The lowest BCUT2D eigenvalue weighted by Gasteiger charge is -2.11. The number of anilines is 1. The third-order valence-corrected chi connectivity index (χ3v) is 3.17. The second-order valence-electron chi connectivity index (χ2n) is 5.08. The summed E-state index contributed by atoms with van der Waals surface area (Å²) in [5.41, 5.74) is 2.27. The first kappa shape index (κ1) is 22.9. The van der Waals surface area contributed by atoms with Gasteiger partial charge in [0.15, 0.2) is 5.96 Å². The van der Waals surface area contributed by atoms with Crippen LogP contribution in [-0.4, -0.2) is 53.0 Å². The van der Waals surface area contributed by atoms with Crippen molar-refractivity contribution >= 4 is 35.6 Å². The van der Waals surface area contributed by atoms with Gasteiger partial charge in [-0.25, -0.2) is 4.99 Å². The van der Waals surface area contributed by atoms with Crippen LogP contribution in [0.2, 0.25) is 0 Å². The van der Waals surface area contributed by atoms with Gasteiger partial charge in [0.1, 0.15) is 0 Å². The quantitative estimate of drug-likeness (QED) is 0.209. The molecule has 0 saturated heterocycles. The maximum Gasteiger partial charge on any atom is 0.191 e. The molecule has 0 aromatic heterocycles. The van der Waals surface area contributed by atoms with E-state index in [0.717, 1.165) is 44.3 Å². The van der Waals surface area contributed by atoms with E-state index in [1.54, 1.807) is 14.2 Å². The molecule has 138 valence electrons. The molecule has 3 N–H and O–H groups in total. The van der Waals surface area contributed by atoms with Crippen LogP contribution in [0.1, 0.15) is 18.9 Å². The number of nitrogens with one attached hydrogen (secondary N) is 3. The van der Waals surface area contributed by atoms with Crippen molar-refractivity contribution in [2.24, 2.45) is 4.99 Å². The number of aliphatic imine (C=N–C) groups is 1. The summed E-state index contributed by atoms with van der Waals surface area (Å²) < 4.78 is 10.1. The minimum atomic E-state index is 0. The van der Waals surface area contributed by atoms with E-state index >= 15 is 0 Å². The van der Waals surface area contributed by atoms with Crippen molar-refractivity contribution in [3.8, 4) is 0 Å². The van der Waals surface area contributed by atoms with Gasteiger partial charge in [-0.3, -0.25) is 0 Å². The van der Waals surface area contributed by atoms with E-state index < -0.39 is 0 Å². The van der Waals surface area contributed by atoms with Crippen molar-refractivity contribution in [2.75, 3.05) is 52.4 Å². The van der Waals surface area contributed by atoms with E-state index in [2.05, 4.69) is 52.1 Å². The SMILES string of the molecule is CCNC(=NCc1ccc(NCCOC)cc1)NCCCOC.I. The van der Waals surface area contributed by atoms with Crippen molar-refractivity contribution in [3.63, 3.8) is 0 Å². The predicted octanol–water partition coefficient (Wildman–Crippen LogP) is 2.45. The van der Waals surface area contributed by atoms with E-state index in [-0.39, 0.29) is 24.0 Å². The highest BCUT2D eigenvalue weighted by atomic mass is 127. The van der Waals surface area contributed by atoms with Gasteiger partial charge in [-0.15, -0.1) is 24.0 Å². The third-order valence-electron chi connectivity index (χ3n) is 3.17. The number of guanidine groups is 1. The standard InChI is InChI=1S/C17H30N4O2.HI/c1-4-18-17(20-10-5-12-22-2)21-14-15-6-8-16(9-7-15)19-11-13-23-3;/h6-9,19H,4-5,10-14H2,1-3H3,(H2,18,20,21);1H. The van der Waals surface area contributed by atoms with Crippen LogP contribution in [-0.2, 0) is 16.0 Å². The molecule has 1 rings (SSSR count). The van der Waals surface area contributed by atoms with Crippen LogP contribution in [0.25, 0.3) is 0 Å². The molecule has 0 unspecified atom stereocenters. The van der Waals surface area contributed by atoms with Crippen molar-refractivity contribution in [3.05, 3.63) is 29.8 Å². The molecule has 0 fully saturated rings. The fourth-order valence-corrected chi connectivity index (χ4v) is 1.96. The molecule has 0 amide bonds. The summed E-state index contributed by atoms with van der Waals surface area (Å²) >= 11 is 0. The number of benzene rings is 1. The minimum Gasteiger partial charge on any atom is -0.385 e. The van der Waals surface area contributed by atoms with Gasteiger partial charge in [0.2, 0.25) is 0 Å². The molecule has 0 spiro atoms. The Bertz CT molecular complexity index is 441. The first-order valence-corrected chi connectivity index (χ1v) is 8.13. The average Bonchev–Trinajstić information content (AvgIpc) is 2.58. The van der Waals surface area contributed by atoms with Crippen molar-refractivity contribution in [2.45, 2.75) is 19.9 Å². The Labute approximate surface area is 162 Å². The summed E-state index contributed by atoms with van der Waals surface area (Å²) in [6.07, 6.45) is 0.961. The molecular formula is C17H31IN4O2. The molecule has 6 nitrogen and oxygen atoms in total. The molecule has 24 heavy (non-hydrogen) atoms. The van der Waals surface area contributed by atoms with Crippen molar-refractivity contribution in [1.29, 1.82) is 0 Å². The minimum absolute atomic E-state index is 0. The Morgan fingerprint density at radius 3 is 2.33 bits per heavy atom. The molecule has 0 aliphatic carbocycles. The van der Waals surface area contributed by atoms with Crippen LogP contribution in [0, 0.1) is 0 Å². The second kappa shape index (κ2) is 15.5. The zero-order valence-electron chi connectivity index (χ0n) is 14.9. The lowest BCUT2D eigenvalue weighted by atomic mass is 10.2. The number of ether oxygens (including phenoxy) is 2. The third kappa shape index (κ3) is 10.7. The van der Waals surface area contributed by atoms with Crippen LogP contribution in [0.15, 0.2) is 29.3 Å². The van der Waals surface area contributed by atoms with Crippen LogP contribution in [0.4, 0.5) is 5.69 Å². The molecule has 0 saturated carbocycles. The average molecular weight is 450 g/mol. The molecule has 7 heteroatoms. The molecule has 1 aromatic rings. The number of hydrogen-bond donors (Lipinski definition) is 3.